The van der Waals surface area contributed by atoms with Gasteiger partial charge in [-0.25, -0.2) is 9.78 Å². The zero-order valence-corrected chi connectivity index (χ0v) is 9.84. The largest absolute Gasteiger partial charge is 0.485 e. The molecule has 1 saturated carbocycles. The lowest BCUT2D eigenvalue weighted by atomic mass is 10.3. The molecule has 5 nitrogen and oxygen atoms in total. The highest BCUT2D eigenvalue weighted by atomic mass is 16.5. The summed E-state index contributed by atoms with van der Waals surface area (Å²) in [5.41, 5.74) is 0.108. The summed E-state index contributed by atoms with van der Waals surface area (Å²) < 4.78 is 11.1. The Morgan fingerprint density at radius 2 is 2.24 bits per heavy atom. The molecule has 1 aromatic heterocycles. The maximum absolute atomic E-state index is 10.9. The molecule has 1 fully saturated rings. The minimum absolute atomic E-state index is 0.0280. The van der Waals surface area contributed by atoms with Crippen LogP contribution in [-0.4, -0.2) is 28.3 Å². The highest BCUT2D eigenvalue weighted by molar-refractivity contribution is 5.87. The third-order valence-corrected chi connectivity index (χ3v) is 2.23. The first kappa shape index (κ1) is 11.7. The molecule has 0 saturated heterocycles. The lowest BCUT2D eigenvalue weighted by Crippen LogP contribution is -2.10. The average Bonchev–Trinajstić information content (AvgIpc) is 3.03. The van der Waals surface area contributed by atoms with Crippen molar-refractivity contribution in [3.8, 4) is 11.6 Å². The fourth-order valence-electron chi connectivity index (χ4n) is 1.31. The summed E-state index contributed by atoms with van der Waals surface area (Å²) in [6, 6.07) is 1.46. The van der Waals surface area contributed by atoms with Gasteiger partial charge in [-0.2, -0.15) is 0 Å². The van der Waals surface area contributed by atoms with Crippen LogP contribution in [0.25, 0.3) is 0 Å². The van der Waals surface area contributed by atoms with Crippen molar-refractivity contribution in [2.75, 3.05) is 0 Å². The number of carbonyl (C=O) groups is 1. The van der Waals surface area contributed by atoms with Gasteiger partial charge in [0.05, 0.1) is 17.8 Å². The standard InChI is InChI=1S/C12H15NO4/c1-7(2)16-11-10(17-9-3-4-9)5-8(6-13-11)12(14)15/h5-7,9H,3-4H2,1-2H3,(H,14,15). The fraction of sp³-hybridized carbons (Fsp3) is 0.500. The zero-order valence-electron chi connectivity index (χ0n) is 9.84. The molecule has 92 valence electrons. The van der Waals surface area contributed by atoms with Crippen molar-refractivity contribution in [3.63, 3.8) is 0 Å². The van der Waals surface area contributed by atoms with Crippen LogP contribution in [0.2, 0.25) is 0 Å². The number of hydrogen-bond acceptors (Lipinski definition) is 4. The van der Waals surface area contributed by atoms with E-state index in [1.165, 1.54) is 12.3 Å². The Kier molecular flexibility index (Phi) is 3.17. The van der Waals surface area contributed by atoms with Gasteiger partial charge in [-0.15, -0.1) is 0 Å². The molecule has 5 heteroatoms. The van der Waals surface area contributed by atoms with Crippen molar-refractivity contribution in [1.29, 1.82) is 0 Å². The van der Waals surface area contributed by atoms with E-state index in [2.05, 4.69) is 4.98 Å². The summed E-state index contributed by atoms with van der Waals surface area (Å²) in [7, 11) is 0. The number of nitrogens with zero attached hydrogens (tertiary/aromatic N) is 1. The fourth-order valence-corrected chi connectivity index (χ4v) is 1.31. The van der Waals surface area contributed by atoms with Gasteiger partial charge < -0.3 is 14.6 Å². The molecule has 0 bridgehead atoms. The zero-order chi connectivity index (χ0) is 12.4. The van der Waals surface area contributed by atoms with E-state index in [0.29, 0.717) is 11.6 Å². The number of aromatic nitrogens is 1. The lowest BCUT2D eigenvalue weighted by molar-refractivity contribution is 0.0695. The molecule has 0 amide bonds. The van der Waals surface area contributed by atoms with Crippen LogP contribution in [0.3, 0.4) is 0 Å². The Hall–Kier alpha value is -1.78. The smallest absolute Gasteiger partial charge is 0.337 e. The maximum Gasteiger partial charge on any atom is 0.337 e. The molecule has 0 radical (unpaired) electrons. The number of ether oxygens (including phenoxy) is 2. The van der Waals surface area contributed by atoms with Gasteiger partial charge in [0.1, 0.15) is 0 Å². The van der Waals surface area contributed by atoms with Crippen LogP contribution in [0.4, 0.5) is 0 Å². The third-order valence-electron chi connectivity index (χ3n) is 2.23. The van der Waals surface area contributed by atoms with E-state index >= 15 is 0 Å². The second kappa shape index (κ2) is 4.61. The Labute approximate surface area is 99.4 Å². The first-order valence-electron chi connectivity index (χ1n) is 5.63. The normalized spacial score (nSPS) is 14.8. The number of rotatable bonds is 5. The highest BCUT2D eigenvalue weighted by Crippen LogP contribution is 2.33. The summed E-state index contributed by atoms with van der Waals surface area (Å²) in [4.78, 5) is 14.8. The van der Waals surface area contributed by atoms with Crippen LogP contribution >= 0.6 is 0 Å². The second-order valence-corrected chi connectivity index (χ2v) is 4.32. The van der Waals surface area contributed by atoms with Crippen molar-refractivity contribution in [2.45, 2.75) is 38.9 Å². The lowest BCUT2D eigenvalue weighted by Gasteiger charge is -2.13. The van der Waals surface area contributed by atoms with Crippen molar-refractivity contribution in [1.82, 2.24) is 4.98 Å². The van der Waals surface area contributed by atoms with Crippen LogP contribution in [0.15, 0.2) is 12.3 Å². The van der Waals surface area contributed by atoms with Gasteiger partial charge in [0, 0.05) is 12.3 Å². The molecule has 2 rings (SSSR count). The summed E-state index contributed by atoms with van der Waals surface area (Å²) in [5.74, 6) is -0.243. The number of hydrogen-bond donors (Lipinski definition) is 1. The molecule has 1 aliphatic rings. The highest BCUT2D eigenvalue weighted by Gasteiger charge is 2.26. The molecule has 0 atom stereocenters. The Morgan fingerprint density at radius 1 is 1.53 bits per heavy atom. The molecule has 0 spiro atoms. The third kappa shape index (κ3) is 3.09. The van der Waals surface area contributed by atoms with Gasteiger partial charge in [-0.05, 0) is 26.7 Å². The Morgan fingerprint density at radius 3 is 2.76 bits per heavy atom. The van der Waals surface area contributed by atoms with E-state index in [1.807, 2.05) is 13.8 Å². The molecular formula is C12H15NO4. The minimum Gasteiger partial charge on any atom is -0.485 e. The van der Waals surface area contributed by atoms with Gasteiger partial charge in [0.15, 0.2) is 5.75 Å². The van der Waals surface area contributed by atoms with Crippen LogP contribution in [0, 0.1) is 0 Å². The van der Waals surface area contributed by atoms with Crippen LogP contribution in [-0.2, 0) is 0 Å². The molecule has 1 aliphatic carbocycles. The summed E-state index contributed by atoms with van der Waals surface area (Å²) in [6.45, 7) is 3.77. The summed E-state index contributed by atoms with van der Waals surface area (Å²) in [5, 5.41) is 8.90. The molecular weight excluding hydrogens is 222 g/mol. The topological polar surface area (TPSA) is 68.7 Å². The number of aromatic carboxylic acids is 1. The van der Waals surface area contributed by atoms with E-state index in [1.54, 1.807) is 0 Å². The second-order valence-electron chi connectivity index (χ2n) is 4.32. The molecule has 1 heterocycles. The minimum atomic E-state index is -1.02. The van der Waals surface area contributed by atoms with E-state index in [0.717, 1.165) is 12.8 Å². The summed E-state index contributed by atoms with van der Waals surface area (Å²) >= 11 is 0. The van der Waals surface area contributed by atoms with Gasteiger partial charge in [-0.1, -0.05) is 0 Å². The monoisotopic (exact) mass is 237 g/mol. The van der Waals surface area contributed by atoms with Crippen molar-refractivity contribution < 1.29 is 19.4 Å². The van der Waals surface area contributed by atoms with Crippen LogP contribution in [0.1, 0.15) is 37.0 Å². The first-order chi connectivity index (χ1) is 8.06. The van der Waals surface area contributed by atoms with E-state index in [-0.39, 0.29) is 17.8 Å². The van der Waals surface area contributed by atoms with Crippen molar-refractivity contribution in [3.05, 3.63) is 17.8 Å². The predicted molar refractivity (Wildman–Crippen MR) is 60.6 cm³/mol. The average molecular weight is 237 g/mol. The van der Waals surface area contributed by atoms with Crippen LogP contribution < -0.4 is 9.47 Å². The predicted octanol–water partition coefficient (Wildman–Crippen LogP) is 2.11. The molecule has 0 aromatic carbocycles. The Balaban J connectivity index is 2.25. The summed E-state index contributed by atoms with van der Waals surface area (Å²) in [6.07, 6.45) is 3.42. The molecule has 17 heavy (non-hydrogen) atoms. The SMILES string of the molecule is CC(C)Oc1ncc(C(=O)O)cc1OC1CC1. The van der Waals surface area contributed by atoms with E-state index in [9.17, 15) is 4.79 Å². The molecule has 0 unspecified atom stereocenters. The van der Waals surface area contributed by atoms with E-state index < -0.39 is 5.97 Å². The molecule has 1 N–H and O–H groups in total. The van der Waals surface area contributed by atoms with Gasteiger partial charge >= 0.3 is 5.97 Å². The van der Waals surface area contributed by atoms with Crippen LogP contribution in [0.5, 0.6) is 11.6 Å². The Bertz CT molecular complexity index is 427. The van der Waals surface area contributed by atoms with Crippen molar-refractivity contribution in [2.24, 2.45) is 0 Å². The molecule has 1 aromatic rings. The van der Waals surface area contributed by atoms with Gasteiger partial charge in [0.2, 0.25) is 0 Å². The van der Waals surface area contributed by atoms with Crippen molar-refractivity contribution >= 4 is 5.97 Å². The number of pyridine rings is 1. The van der Waals surface area contributed by atoms with Gasteiger partial charge in [0.25, 0.3) is 5.88 Å². The molecule has 0 aliphatic heterocycles. The first-order valence-corrected chi connectivity index (χ1v) is 5.63. The van der Waals surface area contributed by atoms with Gasteiger partial charge in [-0.3, -0.25) is 0 Å². The number of carboxylic acids is 1. The van der Waals surface area contributed by atoms with E-state index in [4.69, 9.17) is 14.6 Å². The quantitative estimate of drug-likeness (QED) is 0.849. The number of carboxylic acid groups (broad SMARTS) is 1. The maximum atomic E-state index is 10.9.